The Kier molecular flexibility index (Phi) is 8.97. The molecule has 1 aliphatic rings. The van der Waals surface area contributed by atoms with E-state index in [9.17, 15) is 9.59 Å². The minimum absolute atomic E-state index is 0.0437. The van der Waals surface area contributed by atoms with Gasteiger partial charge in [-0.15, -0.1) is 0 Å². The van der Waals surface area contributed by atoms with Gasteiger partial charge in [0.2, 0.25) is 5.91 Å². The highest BCUT2D eigenvalue weighted by Crippen LogP contribution is 2.30. The Bertz CT molecular complexity index is 976. The number of carbonyl (C=O) groups excluding carboxylic acids is 2. The summed E-state index contributed by atoms with van der Waals surface area (Å²) >= 11 is 6.46. The molecule has 0 bridgehead atoms. The minimum atomic E-state index is -0.166. The second-order valence-corrected chi connectivity index (χ2v) is 8.62. The zero-order valence-corrected chi connectivity index (χ0v) is 20.0. The van der Waals surface area contributed by atoms with Gasteiger partial charge in [-0.2, -0.15) is 0 Å². The van der Waals surface area contributed by atoms with Gasteiger partial charge in [0, 0.05) is 35.3 Å². The number of hydrogen-bond acceptors (Lipinski definition) is 5. The van der Waals surface area contributed by atoms with Crippen LogP contribution in [0.15, 0.2) is 36.4 Å². The first-order valence-corrected chi connectivity index (χ1v) is 11.6. The number of nitrogens with one attached hydrogen (secondary N) is 1. The van der Waals surface area contributed by atoms with E-state index in [1.165, 1.54) is 7.11 Å². The summed E-state index contributed by atoms with van der Waals surface area (Å²) in [5.41, 5.74) is 7.63. The molecule has 7 nitrogen and oxygen atoms in total. The van der Waals surface area contributed by atoms with Crippen LogP contribution in [0.3, 0.4) is 0 Å². The number of methoxy groups -OCH3 is 2. The number of hydrogen-bond donors (Lipinski definition) is 2. The number of anilines is 1. The first kappa shape index (κ1) is 24.9. The largest absolute Gasteiger partial charge is 0.493 e. The number of nitrogens with zero attached hydrogens (tertiary/aromatic N) is 1. The first-order chi connectivity index (χ1) is 16.0. The predicted molar refractivity (Wildman–Crippen MR) is 130 cm³/mol. The van der Waals surface area contributed by atoms with Crippen molar-refractivity contribution < 1.29 is 19.1 Å². The molecule has 0 saturated heterocycles. The molecule has 0 aromatic heterocycles. The van der Waals surface area contributed by atoms with Crippen LogP contribution in [0.25, 0.3) is 0 Å². The number of benzene rings is 2. The van der Waals surface area contributed by atoms with Crippen molar-refractivity contribution in [2.75, 3.05) is 32.6 Å². The number of rotatable bonds is 10. The normalized spacial score (nSPS) is 13.6. The van der Waals surface area contributed by atoms with E-state index in [1.54, 1.807) is 42.3 Å². The van der Waals surface area contributed by atoms with Crippen LogP contribution in [0, 0.1) is 5.92 Å². The second-order valence-electron chi connectivity index (χ2n) is 8.22. The van der Waals surface area contributed by atoms with Gasteiger partial charge in [0.15, 0.2) is 11.5 Å². The fraction of sp³-hybridized carbons (Fsp3) is 0.440. The Morgan fingerprint density at radius 3 is 2.48 bits per heavy atom. The van der Waals surface area contributed by atoms with Gasteiger partial charge >= 0.3 is 0 Å². The molecule has 1 fully saturated rings. The van der Waals surface area contributed by atoms with E-state index in [-0.39, 0.29) is 17.7 Å². The molecule has 0 spiro atoms. The van der Waals surface area contributed by atoms with Crippen LogP contribution in [0.1, 0.15) is 48.0 Å². The summed E-state index contributed by atoms with van der Waals surface area (Å²) in [5, 5.41) is 3.54. The van der Waals surface area contributed by atoms with E-state index in [2.05, 4.69) is 5.32 Å². The van der Waals surface area contributed by atoms with Crippen molar-refractivity contribution >= 4 is 29.1 Å². The van der Waals surface area contributed by atoms with Gasteiger partial charge in [-0.05, 0) is 67.8 Å². The van der Waals surface area contributed by atoms with E-state index < -0.39 is 0 Å². The van der Waals surface area contributed by atoms with Gasteiger partial charge in [0.05, 0.1) is 14.2 Å². The molecule has 2 aromatic rings. The summed E-state index contributed by atoms with van der Waals surface area (Å²) in [7, 11) is 3.08. The van der Waals surface area contributed by atoms with Gasteiger partial charge in [-0.3, -0.25) is 9.59 Å². The number of nitrogens with two attached hydrogens (primary N) is 1. The minimum Gasteiger partial charge on any atom is -0.493 e. The van der Waals surface area contributed by atoms with Crippen LogP contribution in [0.5, 0.6) is 11.5 Å². The van der Waals surface area contributed by atoms with Crippen LogP contribution >= 0.6 is 11.6 Å². The molecule has 178 valence electrons. The lowest BCUT2D eigenvalue weighted by Crippen LogP contribution is -2.32. The molecule has 3 N–H and O–H groups in total. The lowest BCUT2D eigenvalue weighted by molar-refractivity contribution is -0.119. The van der Waals surface area contributed by atoms with E-state index in [0.29, 0.717) is 53.8 Å². The summed E-state index contributed by atoms with van der Waals surface area (Å²) in [6.45, 7) is 1.22. The zero-order chi connectivity index (χ0) is 23.8. The van der Waals surface area contributed by atoms with Crippen molar-refractivity contribution in [2.45, 2.75) is 38.6 Å². The predicted octanol–water partition coefficient (Wildman–Crippen LogP) is 4.48. The summed E-state index contributed by atoms with van der Waals surface area (Å²) in [4.78, 5) is 27.6. The molecule has 3 rings (SSSR count). The highest BCUT2D eigenvalue weighted by atomic mass is 35.5. The van der Waals surface area contributed by atoms with E-state index >= 15 is 0 Å². The van der Waals surface area contributed by atoms with Crippen molar-refractivity contribution in [3.63, 3.8) is 0 Å². The highest BCUT2D eigenvalue weighted by molar-refractivity contribution is 6.31. The Morgan fingerprint density at radius 1 is 1.09 bits per heavy atom. The first-order valence-electron chi connectivity index (χ1n) is 11.3. The summed E-state index contributed by atoms with van der Waals surface area (Å²) in [6, 6.07) is 10.5. The second kappa shape index (κ2) is 11.9. The van der Waals surface area contributed by atoms with Gasteiger partial charge in [0.25, 0.3) is 5.91 Å². The Labute approximate surface area is 200 Å². The average Bonchev–Trinajstić information content (AvgIpc) is 3.38. The molecule has 1 aliphatic carbocycles. The molecule has 1 saturated carbocycles. The molecule has 0 unspecified atom stereocenters. The molecular weight excluding hydrogens is 442 g/mol. The summed E-state index contributed by atoms with van der Waals surface area (Å²) < 4.78 is 10.6. The molecule has 0 radical (unpaired) electrons. The van der Waals surface area contributed by atoms with Gasteiger partial charge in [-0.1, -0.05) is 24.4 Å². The fourth-order valence-corrected chi connectivity index (χ4v) is 4.28. The van der Waals surface area contributed by atoms with Crippen LogP contribution in [-0.4, -0.2) is 44.0 Å². The maximum atomic E-state index is 13.3. The topological polar surface area (TPSA) is 93.9 Å². The Hall–Kier alpha value is -2.77. The van der Waals surface area contributed by atoms with Gasteiger partial charge in [-0.25, -0.2) is 0 Å². The molecule has 8 heteroatoms. The van der Waals surface area contributed by atoms with Crippen molar-refractivity contribution in [3.8, 4) is 11.5 Å². The van der Waals surface area contributed by atoms with E-state index in [4.69, 9.17) is 26.8 Å². The molecule has 0 aliphatic heterocycles. The molecular formula is C25H32ClN3O4. The Morgan fingerprint density at radius 2 is 1.82 bits per heavy atom. The molecule has 2 amide bonds. The molecule has 2 aromatic carbocycles. The van der Waals surface area contributed by atoms with Crippen LogP contribution in [0.2, 0.25) is 5.02 Å². The van der Waals surface area contributed by atoms with Gasteiger partial charge < -0.3 is 25.4 Å². The third kappa shape index (κ3) is 6.39. The zero-order valence-electron chi connectivity index (χ0n) is 19.2. The standard InChI is InChI=1S/C25H32ClN3O4/c1-32-22-11-8-18(15-23(22)33-2)25(31)29(13-5-12-27)16-19-14-20(9-10-21(19)26)28-24(30)17-6-3-4-7-17/h8-11,14-15,17H,3-7,12-13,16,27H2,1-2H3,(H,28,30). The average molecular weight is 474 g/mol. The van der Waals surface area contributed by atoms with Crippen LogP contribution < -0.4 is 20.5 Å². The number of amides is 2. The number of halogens is 1. The van der Waals surface area contributed by atoms with Crippen molar-refractivity contribution in [2.24, 2.45) is 11.7 Å². The quantitative estimate of drug-likeness (QED) is 0.530. The molecule has 0 heterocycles. The SMILES string of the molecule is COc1ccc(C(=O)N(CCCN)Cc2cc(NC(=O)C3CCCC3)ccc2Cl)cc1OC. The fourth-order valence-electron chi connectivity index (χ4n) is 4.10. The third-order valence-electron chi connectivity index (χ3n) is 5.95. The van der Waals surface area contributed by atoms with Crippen molar-refractivity contribution in [1.29, 1.82) is 0 Å². The monoisotopic (exact) mass is 473 g/mol. The van der Waals surface area contributed by atoms with Crippen molar-refractivity contribution in [1.82, 2.24) is 4.90 Å². The smallest absolute Gasteiger partial charge is 0.254 e. The number of carbonyl (C=O) groups is 2. The maximum Gasteiger partial charge on any atom is 0.254 e. The van der Waals surface area contributed by atoms with Gasteiger partial charge in [0.1, 0.15) is 0 Å². The lowest BCUT2D eigenvalue weighted by Gasteiger charge is -2.24. The van der Waals surface area contributed by atoms with Crippen molar-refractivity contribution in [3.05, 3.63) is 52.5 Å². The third-order valence-corrected chi connectivity index (χ3v) is 6.32. The maximum absolute atomic E-state index is 13.3. The molecule has 0 atom stereocenters. The highest BCUT2D eigenvalue weighted by Gasteiger charge is 2.23. The Balaban J connectivity index is 1.80. The summed E-state index contributed by atoms with van der Waals surface area (Å²) in [6.07, 6.45) is 4.70. The van der Waals surface area contributed by atoms with E-state index in [1.807, 2.05) is 6.07 Å². The lowest BCUT2D eigenvalue weighted by atomic mass is 10.1. The van der Waals surface area contributed by atoms with E-state index in [0.717, 1.165) is 31.2 Å². The van der Waals surface area contributed by atoms with Crippen LogP contribution in [0.4, 0.5) is 5.69 Å². The summed E-state index contributed by atoms with van der Waals surface area (Å²) in [5.74, 6) is 0.980. The molecule has 33 heavy (non-hydrogen) atoms. The van der Waals surface area contributed by atoms with Crippen LogP contribution in [-0.2, 0) is 11.3 Å². The number of ether oxygens (including phenoxy) is 2.